The molecule has 0 unspecified atom stereocenters. The third-order valence-electron chi connectivity index (χ3n) is 3.19. The van der Waals surface area contributed by atoms with Gasteiger partial charge < -0.3 is 9.84 Å². The number of nitrogens with one attached hydrogen (secondary N) is 1. The molecule has 23 heavy (non-hydrogen) atoms. The molecule has 0 radical (unpaired) electrons. The normalized spacial score (nSPS) is 10.7. The molecule has 0 fully saturated rings. The van der Waals surface area contributed by atoms with E-state index in [1.54, 1.807) is 11.0 Å². The van der Waals surface area contributed by atoms with Crippen molar-refractivity contribution in [2.24, 2.45) is 0 Å². The number of carbonyl (C=O) groups is 1. The van der Waals surface area contributed by atoms with Crippen LogP contribution in [-0.4, -0.2) is 30.8 Å². The minimum Gasteiger partial charge on any atom is -0.339 e. The monoisotopic (exact) mass is 312 g/mol. The van der Waals surface area contributed by atoms with Crippen LogP contribution in [0.3, 0.4) is 0 Å². The van der Waals surface area contributed by atoms with Gasteiger partial charge in [0.1, 0.15) is 12.7 Å². The van der Waals surface area contributed by atoms with Gasteiger partial charge in [-0.15, -0.1) is 0 Å². The molecular formula is C15H16N6O2. The number of aryl methyl sites for hydroxylation is 3. The second-order valence-corrected chi connectivity index (χ2v) is 5.10. The lowest BCUT2D eigenvalue weighted by Gasteiger charge is -2.03. The van der Waals surface area contributed by atoms with E-state index >= 15 is 0 Å². The van der Waals surface area contributed by atoms with Crippen molar-refractivity contribution in [2.75, 3.05) is 5.32 Å². The number of amides is 1. The Hall–Kier alpha value is -3.03. The molecule has 1 N–H and O–H groups in total. The highest BCUT2D eigenvalue weighted by atomic mass is 16.5. The Morgan fingerprint density at radius 3 is 2.87 bits per heavy atom. The Morgan fingerprint density at radius 2 is 2.13 bits per heavy atom. The molecule has 0 aliphatic heterocycles. The van der Waals surface area contributed by atoms with Crippen LogP contribution in [0.15, 0.2) is 41.4 Å². The Kier molecular flexibility index (Phi) is 4.41. The Bertz CT molecular complexity index is 764. The molecule has 1 amide bonds. The first-order valence-corrected chi connectivity index (χ1v) is 7.19. The lowest BCUT2D eigenvalue weighted by molar-refractivity contribution is -0.115. The van der Waals surface area contributed by atoms with Gasteiger partial charge in [0.25, 0.3) is 0 Å². The standard InChI is InChI=1S/C15H16N6O2/c1-11-2-4-12(5-3-11)18-14(22)8-13-19-15(23-20-13)6-7-21-10-16-9-17-21/h2-5,9-10H,6-8H2,1H3,(H,18,22). The van der Waals surface area contributed by atoms with Crippen molar-refractivity contribution < 1.29 is 9.32 Å². The maximum absolute atomic E-state index is 12.0. The van der Waals surface area contributed by atoms with Crippen LogP contribution in [0.4, 0.5) is 5.69 Å². The van der Waals surface area contributed by atoms with Crippen molar-refractivity contribution in [3.05, 3.63) is 54.2 Å². The molecule has 0 saturated heterocycles. The number of hydrogen-bond acceptors (Lipinski definition) is 6. The molecule has 2 heterocycles. The summed E-state index contributed by atoms with van der Waals surface area (Å²) in [7, 11) is 0. The second kappa shape index (κ2) is 6.82. The quantitative estimate of drug-likeness (QED) is 0.738. The van der Waals surface area contributed by atoms with Gasteiger partial charge in [0.05, 0.1) is 13.0 Å². The van der Waals surface area contributed by atoms with Gasteiger partial charge in [0.15, 0.2) is 5.82 Å². The first-order valence-electron chi connectivity index (χ1n) is 7.19. The van der Waals surface area contributed by atoms with Crippen LogP contribution >= 0.6 is 0 Å². The molecule has 118 valence electrons. The predicted molar refractivity (Wildman–Crippen MR) is 81.5 cm³/mol. The Labute approximate surface area is 132 Å². The summed E-state index contributed by atoms with van der Waals surface area (Å²) < 4.78 is 6.80. The fourth-order valence-corrected chi connectivity index (χ4v) is 2.01. The van der Waals surface area contributed by atoms with Crippen molar-refractivity contribution in [2.45, 2.75) is 26.3 Å². The van der Waals surface area contributed by atoms with Gasteiger partial charge in [-0.05, 0) is 19.1 Å². The SMILES string of the molecule is Cc1ccc(NC(=O)Cc2noc(CCn3cncn3)n2)cc1. The largest absolute Gasteiger partial charge is 0.339 e. The maximum atomic E-state index is 12.0. The molecule has 0 aliphatic carbocycles. The van der Waals surface area contributed by atoms with Gasteiger partial charge in [-0.2, -0.15) is 10.1 Å². The molecule has 8 heteroatoms. The molecule has 0 bridgehead atoms. The van der Waals surface area contributed by atoms with Crippen LogP contribution in [0.5, 0.6) is 0 Å². The lowest BCUT2D eigenvalue weighted by Crippen LogP contribution is -2.15. The van der Waals surface area contributed by atoms with Gasteiger partial charge in [-0.3, -0.25) is 9.48 Å². The van der Waals surface area contributed by atoms with E-state index in [2.05, 4.69) is 25.5 Å². The molecule has 3 aromatic rings. The zero-order chi connectivity index (χ0) is 16.1. The van der Waals surface area contributed by atoms with Crippen LogP contribution in [0.2, 0.25) is 0 Å². The second-order valence-electron chi connectivity index (χ2n) is 5.10. The van der Waals surface area contributed by atoms with Crippen molar-refractivity contribution in [3.63, 3.8) is 0 Å². The number of nitrogens with zero attached hydrogens (tertiary/aromatic N) is 5. The third kappa shape index (κ3) is 4.22. The van der Waals surface area contributed by atoms with Gasteiger partial charge >= 0.3 is 0 Å². The van der Waals surface area contributed by atoms with E-state index in [0.717, 1.165) is 11.3 Å². The summed E-state index contributed by atoms with van der Waals surface area (Å²) in [6.07, 6.45) is 3.69. The number of rotatable bonds is 6. The van der Waals surface area contributed by atoms with Crippen molar-refractivity contribution in [1.82, 2.24) is 24.9 Å². The summed E-state index contributed by atoms with van der Waals surface area (Å²) in [5, 5.41) is 10.6. The first-order chi connectivity index (χ1) is 11.2. The molecule has 0 saturated carbocycles. The summed E-state index contributed by atoms with van der Waals surface area (Å²) >= 11 is 0. The number of hydrogen-bond donors (Lipinski definition) is 1. The third-order valence-corrected chi connectivity index (χ3v) is 3.19. The molecule has 8 nitrogen and oxygen atoms in total. The highest BCUT2D eigenvalue weighted by Gasteiger charge is 2.11. The van der Waals surface area contributed by atoms with Crippen LogP contribution in [0, 0.1) is 6.92 Å². The summed E-state index contributed by atoms with van der Waals surface area (Å²) in [5.41, 5.74) is 1.88. The zero-order valence-electron chi connectivity index (χ0n) is 12.6. The number of anilines is 1. The average Bonchev–Trinajstić information content (AvgIpc) is 3.19. The van der Waals surface area contributed by atoms with Crippen LogP contribution in [-0.2, 0) is 24.2 Å². The lowest BCUT2D eigenvalue weighted by atomic mass is 10.2. The van der Waals surface area contributed by atoms with Gasteiger partial charge in [0.2, 0.25) is 11.8 Å². The van der Waals surface area contributed by atoms with E-state index in [-0.39, 0.29) is 12.3 Å². The molecule has 0 spiro atoms. The molecular weight excluding hydrogens is 296 g/mol. The van der Waals surface area contributed by atoms with E-state index in [4.69, 9.17) is 4.52 Å². The summed E-state index contributed by atoms with van der Waals surface area (Å²) in [5.74, 6) is 0.652. The first kappa shape index (κ1) is 14.9. The molecule has 0 atom stereocenters. The minimum atomic E-state index is -0.183. The fourth-order valence-electron chi connectivity index (χ4n) is 2.01. The summed E-state index contributed by atoms with van der Waals surface area (Å²) in [6, 6.07) is 7.58. The Balaban J connectivity index is 1.51. The van der Waals surface area contributed by atoms with Gasteiger partial charge in [-0.1, -0.05) is 22.9 Å². The topological polar surface area (TPSA) is 98.7 Å². The molecule has 1 aromatic carbocycles. The summed E-state index contributed by atoms with van der Waals surface area (Å²) in [4.78, 5) is 20.0. The van der Waals surface area contributed by atoms with Crippen molar-refractivity contribution in [3.8, 4) is 0 Å². The van der Waals surface area contributed by atoms with Crippen molar-refractivity contribution in [1.29, 1.82) is 0 Å². The summed E-state index contributed by atoms with van der Waals surface area (Å²) in [6.45, 7) is 2.59. The Morgan fingerprint density at radius 1 is 1.30 bits per heavy atom. The van der Waals surface area contributed by atoms with E-state index in [0.29, 0.717) is 24.7 Å². The number of carbonyl (C=O) groups excluding carboxylic acids is 1. The molecule has 0 aliphatic rings. The van der Waals surface area contributed by atoms with Crippen LogP contribution < -0.4 is 5.32 Å². The van der Waals surface area contributed by atoms with E-state index in [1.807, 2.05) is 31.2 Å². The maximum Gasteiger partial charge on any atom is 0.232 e. The van der Waals surface area contributed by atoms with Gasteiger partial charge in [0, 0.05) is 12.1 Å². The number of aromatic nitrogens is 5. The predicted octanol–water partition coefficient (Wildman–Crippen LogP) is 1.39. The van der Waals surface area contributed by atoms with Crippen molar-refractivity contribution >= 4 is 11.6 Å². The molecule has 3 rings (SSSR count). The minimum absolute atomic E-state index is 0.0701. The smallest absolute Gasteiger partial charge is 0.232 e. The highest BCUT2D eigenvalue weighted by Crippen LogP contribution is 2.09. The van der Waals surface area contributed by atoms with E-state index in [1.165, 1.54) is 6.33 Å². The molecule has 2 aromatic heterocycles. The van der Waals surface area contributed by atoms with E-state index in [9.17, 15) is 4.79 Å². The number of benzene rings is 1. The van der Waals surface area contributed by atoms with Crippen LogP contribution in [0.25, 0.3) is 0 Å². The fraction of sp³-hybridized carbons (Fsp3) is 0.267. The average molecular weight is 312 g/mol. The van der Waals surface area contributed by atoms with Gasteiger partial charge in [-0.25, -0.2) is 4.98 Å². The van der Waals surface area contributed by atoms with E-state index < -0.39 is 0 Å². The van der Waals surface area contributed by atoms with Crippen LogP contribution in [0.1, 0.15) is 17.3 Å². The zero-order valence-corrected chi connectivity index (χ0v) is 12.6. The highest BCUT2D eigenvalue weighted by molar-refractivity contribution is 5.91.